The van der Waals surface area contributed by atoms with Crippen LogP contribution in [-0.2, 0) is 4.84 Å². The van der Waals surface area contributed by atoms with Gasteiger partial charge in [-0.2, -0.15) is 0 Å². The van der Waals surface area contributed by atoms with Gasteiger partial charge >= 0.3 is 0 Å². The first-order chi connectivity index (χ1) is 5.65. The summed E-state index contributed by atoms with van der Waals surface area (Å²) in [5.74, 6) is 0. The molecule has 66 valence electrons. The number of hydrogen-bond donors (Lipinski definition) is 0. The summed E-state index contributed by atoms with van der Waals surface area (Å²) in [6, 6.07) is 1.50. The molecule has 0 amide bonds. The Bertz CT molecular complexity index is 280. The lowest BCUT2D eigenvalue weighted by Gasteiger charge is -2.26. The van der Waals surface area contributed by atoms with Crippen LogP contribution in [0.4, 0.5) is 5.69 Å². The minimum absolute atomic E-state index is 0.285. The van der Waals surface area contributed by atoms with Gasteiger partial charge in [-0.15, -0.1) is 0 Å². The number of anilines is 1. The van der Waals surface area contributed by atoms with Crippen LogP contribution in [0.2, 0.25) is 5.02 Å². The van der Waals surface area contributed by atoms with Crippen molar-refractivity contribution in [2.45, 2.75) is 6.92 Å². The Balaban J connectivity index is 2.96. The van der Waals surface area contributed by atoms with E-state index >= 15 is 0 Å². The van der Waals surface area contributed by atoms with E-state index in [-0.39, 0.29) is 5.69 Å². The van der Waals surface area contributed by atoms with Crippen LogP contribution in [0.15, 0.2) is 12.3 Å². The van der Waals surface area contributed by atoms with E-state index in [1.165, 1.54) is 19.4 Å². The van der Waals surface area contributed by atoms with E-state index in [1.807, 2.05) is 0 Å². The van der Waals surface area contributed by atoms with E-state index in [0.29, 0.717) is 15.9 Å². The fourth-order valence-electron chi connectivity index (χ4n) is 0.701. The van der Waals surface area contributed by atoms with Crippen LogP contribution in [0.3, 0.4) is 0 Å². The van der Waals surface area contributed by atoms with Gasteiger partial charge in [-0.25, -0.2) is 0 Å². The molecule has 1 rings (SSSR count). The average molecular weight is 188 g/mol. The molecule has 0 unspecified atom stereocenters. The van der Waals surface area contributed by atoms with Gasteiger partial charge in [0, 0.05) is 0 Å². The van der Waals surface area contributed by atoms with Gasteiger partial charge in [-0.05, 0) is 13.0 Å². The Morgan fingerprint density at radius 2 is 2.33 bits per heavy atom. The van der Waals surface area contributed by atoms with Crippen molar-refractivity contribution in [2.75, 3.05) is 12.3 Å². The molecule has 0 bridgehead atoms. The minimum Gasteiger partial charge on any atom is -0.733 e. The SMILES string of the molecule is CON([O-])c1cnc(C)c(Cl)c1. The molecule has 0 N–H and O–H groups in total. The van der Waals surface area contributed by atoms with Crippen LogP contribution < -0.4 is 5.23 Å². The van der Waals surface area contributed by atoms with Gasteiger partial charge in [0.2, 0.25) is 0 Å². The normalized spacial score (nSPS) is 10.0. The first-order valence-electron chi connectivity index (χ1n) is 3.28. The number of rotatable bonds is 2. The lowest BCUT2D eigenvalue weighted by atomic mass is 10.3. The predicted molar refractivity (Wildman–Crippen MR) is 46.8 cm³/mol. The van der Waals surface area contributed by atoms with E-state index in [1.54, 1.807) is 6.92 Å². The Labute approximate surface area is 75.3 Å². The van der Waals surface area contributed by atoms with Crippen molar-refractivity contribution < 1.29 is 4.84 Å². The van der Waals surface area contributed by atoms with Crippen molar-refractivity contribution in [3.63, 3.8) is 0 Å². The fourth-order valence-corrected chi connectivity index (χ4v) is 0.862. The third-order valence-electron chi connectivity index (χ3n) is 1.39. The van der Waals surface area contributed by atoms with Gasteiger partial charge < -0.3 is 10.4 Å². The smallest absolute Gasteiger partial charge is 0.0709 e. The van der Waals surface area contributed by atoms with Crippen molar-refractivity contribution in [1.29, 1.82) is 0 Å². The van der Waals surface area contributed by atoms with Crippen molar-refractivity contribution in [2.24, 2.45) is 0 Å². The highest BCUT2D eigenvalue weighted by Crippen LogP contribution is 2.19. The molecule has 12 heavy (non-hydrogen) atoms. The highest BCUT2D eigenvalue weighted by atomic mass is 35.5. The molecular formula is C7H8ClN2O2-. The summed E-state index contributed by atoms with van der Waals surface area (Å²) in [7, 11) is 1.28. The summed E-state index contributed by atoms with van der Waals surface area (Å²) in [5, 5.41) is 11.7. The summed E-state index contributed by atoms with van der Waals surface area (Å²) in [6.07, 6.45) is 1.40. The van der Waals surface area contributed by atoms with Crippen molar-refractivity contribution in [3.05, 3.63) is 28.2 Å². The maximum atomic E-state index is 10.9. The molecule has 0 saturated heterocycles. The Kier molecular flexibility index (Phi) is 2.86. The van der Waals surface area contributed by atoms with Gasteiger partial charge in [0.15, 0.2) is 0 Å². The molecule has 0 spiro atoms. The molecule has 0 atom stereocenters. The zero-order chi connectivity index (χ0) is 9.14. The molecule has 4 nitrogen and oxygen atoms in total. The lowest BCUT2D eigenvalue weighted by Crippen LogP contribution is -2.12. The molecule has 0 aliphatic rings. The number of halogens is 1. The van der Waals surface area contributed by atoms with E-state index in [2.05, 4.69) is 9.82 Å². The molecule has 1 aromatic heterocycles. The first-order valence-corrected chi connectivity index (χ1v) is 3.66. The second-order valence-corrected chi connectivity index (χ2v) is 2.61. The van der Waals surface area contributed by atoms with Crippen LogP contribution in [0.25, 0.3) is 0 Å². The Morgan fingerprint density at radius 3 is 2.83 bits per heavy atom. The summed E-state index contributed by atoms with van der Waals surface area (Å²) in [5.41, 5.74) is 0.970. The van der Waals surface area contributed by atoms with E-state index in [9.17, 15) is 5.21 Å². The molecule has 5 heteroatoms. The summed E-state index contributed by atoms with van der Waals surface area (Å²) in [4.78, 5) is 8.30. The number of aryl methyl sites for hydroxylation is 1. The second-order valence-electron chi connectivity index (χ2n) is 2.20. The summed E-state index contributed by atoms with van der Waals surface area (Å²) < 4.78 is 0. The maximum Gasteiger partial charge on any atom is 0.0709 e. The van der Waals surface area contributed by atoms with Crippen molar-refractivity contribution in [1.82, 2.24) is 4.98 Å². The Morgan fingerprint density at radius 1 is 1.67 bits per heavy atom. The molecule has 1 heterocycles. The molecule has 0 aliphatic carbocycles. The van der Waals surface area contributed by atoms with Gasteiger partial charge in [-0.3, -0.25) is 9.82 Å². The molecule has 1 aromatic rings. The molecule has 0 fully saturated rings. The highest BCUT2D eigenvalue weighted by Gasteiger charge is 1.99. The van der Waals surface area contributed by atoms with Gasteiger partial charge in [0.1, 0.15) is 0 Å². The van der Waals surface area contributed by atoms with Crippen LogP contribution in [0.5, 0.6) is 0 Å². The van der Waals surface area contributed by atoms with E-state index in [4.69, 9.17) is 11.6 Å². The molecule has 0 aliphatic heterocycles. The standard InChI is InChI=1S/C7H8ClN2O2/c1-5-7(8)3-6(4-9-5)10(11)12-2/h3-4H,1-2H3/q-1. The third-order valence-corrected chi connectivity index (χ3v) is 1.77. The topological polar surface area (TPSA) is 48.4 Å². The van der Waals surface area contributed by atoms with Crippen molar-refractivity contribution in [3.8, 4) is 0 Å². The zero-order valence-electron chi connectivity index (χ0n) is 6.74. The summed E-state index contributed by atoms with van der Waals surface area (Å²) >= 11 is 5.73. The van der Waals surface area contributed by atoms with Gasteiger partial charge in [-0.1, -0.05) is 11.6 Å². The second kappa shape index (κ2) is 3.71. The number of nitrogens with zero attached hydrogens (tertiary/aromatic N) is 2. The van der Waals surface area contributed by atoms with Crippen LogP contribution in [-0.4, -0.2) is 12.1 Å². The quantitative estimate of drug-likeness (QED) is 0.664. The zero-order valence-corrected chi connectivity index (χ0v) is 7.50. The monoisotopic (exact) mass is 187 g/mol. The van der Waals surface area contributed by atoms with Gasteiger partial charge in [0.25, 0.3) is 0 Å². The number of aromatic nitrogens is 1. The first kappa shape index (κ1) is 9.25. The van der Waals surface area contributed by atoms with Crippen molar-refractivity contribution >= 4 is 17.3 Å². The lowest BCUT2D eigenvalue weighted by molar-refractivity contribution is 0.197. The maximum absolute atomic E-state index is 10.9. The van der Waals surface area contributed by atoms with Crippen LogP contribution >= 0.6 is 11.6 Å². The predicted octanol–water partition coefficient (Wildman–Crippen LogP) is 1.91. The minimum atomic E-state index is 0.285. The molecule has 0 saturated carbocycles. The largest absolute Gasteiger partial charge is 0.733 e. The number of pyridine rings is 1. The third kappa shape index (κ3) is 1.85. The summed E-state index contributed by atoms with van der Waals surface area (Å²) in [6.45, 7) is 1.76. The molecule has 0 aromatic carbocycles. The fraction of sp³-hybridized carbons (Fsp3) is 0.286. The Hall–Kier alpha value is -0.840. The molecular weight excluding hydrogens is 180 g/mol. The average Bonchev–Trinajstić information content (AvgIpc) is 2.08. The van der Waals surface area contributed by atoms with Crippen LogP contribution in [0, 0.1) is 12.1 Å². The highest BCUT2D eigenvalue weighted by molar-refractivity contribution is 6.31. The van der Waals surface area contributed by atoms with E-state index < -0.39 is 0 Å². The molecule has 0 radical (unpaired) electrons. The van der Waals surface area contributed by atoms with E-state index in [0.717, 1.165) is 0 Å². The van der Waals surface area contributed by atoms with Gasteiger partial charge in [0.05, 0.1) is 29.7 Å². The number of hydrogen-bond acceptors (Lipinski definition) is 4. The van der Waals surface area contributed by atoms with Crippen LogP contribution in [0.1, 0.15) is 5.69 Å².